The van der Waals surface area contributed by atoms with E-state index in [0.29, 0.717) is 15.7 Å². The first-order valence-electron chi connectivity index (χ1n) is 5.12. The van der Waals surface area contributed by atoms with Gasteiger partial charge in [0.25, 0.3) is 0 Å². The third-order valence-electron chi connectivity index (χ3n) is 2.14. The van der Waals surface area contributed by atoms with Crippen LogP contribution in [-0.4, -0.2) is 20.3 Å². The molecule has 0 fully saturated rings. The van der Waals surface area contributed by atoms with Crippen LogP contribution in [0.5, 0.6) is 0 Å². The summed E-state index contributed by atoms with van der Waals surface area (Å²) < 4.78 is 4.96. The van der Waals surface area contributed by atoms with Crippen molar-refractivity contribution in [2.45, 2.75) is 12.8 Å². The third kappa shape index (κ3) is 4.08. The van der Waals surface area contributed by atoms with E-state index in [1.165, 1.54) is 0 Å². The lowest BCUT2D eigenvalue weighted by molar-refractivity contribution is 0.194. The maximum atomic E-state index is 6.02. The molecule has 1 rings (SSSR count). The highest BCUT2D eigenvalue weighted by atomic mass is 35.5. The molecule has 0 amide bonds. The molecule has 0 spiro atoms. The number of benzene rings is 1. The number of methoxy groups -OCH3 is 1. The van der Waals surface area contributed by atoms with Crippen LogP contribution in [0, 0.1) is 0 Å². The fraction of sp³-hybridized carbons (Fsp3) is 0.455. The van der Waals surface area contributed by atoms with Gasteiger partial charge in [0, 0.05) is 25.9 Å². The third-order valence-corrected chi connectivity index (χ3v) is 2.74. The number of unbranched alkanes of at least 4 members (excludes halogenated alkanes) is 1. The van der Waals surface area contributed by atoms with Gasteiger partial charge in [0.15, 0.2) is 0 Å². The van der Waals surface area contributed by atoms with Crippen molar-refractivity contribution in [3.63, 3.8) is 0 Å². The normalized spacial score (nSPS) is 10.4. The lowest BCUT2D eigenvalue weighted by Gasteiger charge is -2.11. The molecular weight excluding hydrogens is 247 g/mol. The van der Waals surface area contributed by atoms with E-state index in [1.807, 2.05) is 0 Å². The summed E-state index contributed by atoms with van der Waals surface area (Å²) in [5.41, 5.74) is 6.92. The molecule has 0 aliphatic heterocycles. The smallest absolute Gasteiger partial charge is 0.0720 e. The van der Waals surface area contributed by atoms with E-state index in [2.05, 4.69) is 5.32 Å². The first-order valence-corrected chi connectivity index (χ1v) is 5.88. The zero-order valence-corrected chi connectivity index (χ0v) is 10.7. The van der Waals surface area contributed by atoms with Gasteiger partial charge >= 0.3 is 0 Å². The Bertz CT molecular complexity index is 322. The van der Waals surface area contributed by atoms with E-state index < -0.39 is 0 Å². The molecule has 0 heterocycles. The highest BCUT2D eigenvalue weighted by Crippen LogP contribution is 2.32. The SMILES string of the molecule is COCCCCNc1c(Cl)cc(N)cc1Cl. The lowest BCUT2D eigenvalue weighted by atomic mass is 10.2. The second-order valence-electron chi connectivity index (χ2n) is 3.49. The van der Waals surface area contributed by atoms with Crippen LogP contribution in [0.4, 0.5) is 11.4 Å². The number of nitrogen functional groups attached to an aromatic ring is 1. The summed E-state index contributed by atoms with van der Waals surface area (Å²) in [6.45, 7) is 1.58. The quantitative estimate of drug-likeness (QED) is 0.610. The number of anilines is 2. The van der Waals surface area contributed by atoms with Gasteiger partial charge in [0.05, 0.1) is 15.7 Å². The van der Waals surface area contributed by atoms with Gasteiger partial charge in [-0.15, -0.1) is 0 Å². The molecule has 1 aromatic rings. The Morgan fingerprint density at radius 3 is 2.44 bits per heavy atom. The molecule has 1 aromatic carbocycles. The molecule has 3 N–H and O–H groups in total. The predicted octanol–water partition coefficient (Wildman–Crippen LogP) is 3.41. The van der Waals surface area contributed by atoms with Crippen LogP contribution in [0.25, 0.3) is 0 Å². The summed E-state index contributed by atoms with van der Waals surface area (Å²) in [6.07, 6.45) is 2.01. The molecular formula is C11H16Cl2N2O. The van der Waals surface area contributed by atoms with Crippen LogP contribution in [0.3, 0.4) is 0 Å². The Kier molecular flexibility index (Phi) is 5.74. The Labute approximate surface area is 106 Å². The van der Waals surface area contributed by atoms with Gasteiger partial charge < -0.3 is 15.8 Å². The second kappa shape index (κ2) is 6.84. The maximum absolute atomic E-state index is 6.02. The average molecular weight is 263 g/mol. The molecule has 0 atom stereocenters. The molecule has 0 aliphatic carbocycles. The van der Waals surface area contributed by atoms with Crippen LogP contribution in [0.1, 0.15) is 12.8 Å². The number of nitrogens with one attached hydrogen (secondary N) is 1. The highest BCUT2D eigenvalue weighted by Gasteiger charge is 2.06. The lowest BCUT2D eigenvalue weighted by Crippen LogP contribution is -2.04. The number of rotatable bonds is 6. The number of hydrogen-bond acceptors (Lipinski definition) is 3. The minimum absolute atomic E-state index is 0.553. The Morgan fingerprint density at radius 2 is 1.88 bits per heavy atom. The van der Waals surface area contributed by atoms with Gasteiger partial charge in [-0.05, 0) is 25.0 Å². The topological polar surface area (TPSA) is 47.3 Å². The standard InChI is InChI=1S/C11H16Cl2N2O/c1-16-5-3-2-4-15-11-9(12)6-8(14)7-10(11)13/h6-7,15H,2-5,14H2,1H3. The maximum Gasteiger partial charge on any atom is 0.0720 e. The summed E-state index contributed by atoms with van der Waals surface area (Å²) in [5, 5.41) is 4.30. The molecule has 3 nitrogen and oxygen atoms in total. The highest BCUT2D eigenvalue weighted by molar-refractivity contribution is 6.39. The molecule has 0 unspecified atom stereocenters. The second-order valence-corrected chi connectivity index (χ2v) is 4.30. The van der Waals surface area contributed by atoms with E-state index in [9.17, 15) is 0 Å². The van der Waals surface area contributed by atoms with Crippen LogP contribution < -0.4 is 11.1 Å². The van der Waals surface area contributed by atoms with E-state index >= 15 is 0 Å². The molecule has 90 valence electrons. The molecule has 0 saturated carbocycles. The molecule has 5 heteroatoms. The summed E-state index contributed by atoms with van der Waals surface area (Å²) in [7, 11) is 1.70. The average Bonchev–Trinajstić information content (AvgIpc) is 2.20. The molecule has 0 saturated heterocycles. The number of nitrogens with two attached hydrogens (primary N) is 1. The van der Waals surface area contributed by atoms with Crippen molar-refractivity contribution in [3.05, 3.63) is 22.2 Å². The predicted molar refractivity (Wildman–Crippen MR) is 70.5 cm³/mol. The fourth-order valence-electron chi connectivity index (χ4n) is 1.35. The first-order chi connectivity index (χ1) is 7.65. The fourth-order valence-corrected chi connectivity index (χ4v) is 1.98. The summed E-state index contributed by atoms with van der Waals surface area (Å²) >= 11 is 12.0. The minimum atomic E-state index is 0.553. The monoisotopic (exact) mass is 262 g/mol. The van der Waals surface area contributed by atoms with Crippen molar-refractivity contribution in [2.24, 2.45) is 0 Å². The zero-order valence-electron chi connectivity index (χ0n) is 9.22. The van der Waals surface area contributed by atoms with Crippen molar-refractivity contribution in [2.75, 3.05) is 31.3 Å². The van der Waals surface area contributed by atoms with Gasteiger partial charge in [-0.2, -0.15) is 0 Å². The van der Waals surface area contributed by atoms with E-state index in [4.69, 9.17) is 33.7 Å². The van der Waals surface area contributed by atoms with Crippen molar-refractivity contribution < 1.29 is 4.74 Å². The summed E-state index contributed by atoms with van der Waals surface area (Å²) in [5.74, 6) is 0. The number of hydrogen-bond donors (Lipinski definition) is 2. The summed E-state index contributed by atoms with van der Waals surface area (Å²) in [6, 6.07) is 3.37. The molecule has 16 heavy (non-hydrogen) atoms. The van der Waals surface area contributed by atoms with E-state index in [0.717, 1.165) is 31.7 Å². The molecule has 0 radical (unpaired) electrons. The van der Waals surface area contributed by atoms with Crippen LogP contribution >= 0.6 is 23.2 Å². The Morgan fingerprint density at radius 1 is 1.25 bits per heavy atom. The van der Waals surface area contributed by atoms with Crippen molar-refractivity contribution in [3.8, 4) is 0 Å². The summed E-state index contributed by atoms with van der Waals surface area (Å²) in [4.78, 5) is 0. The minimum Gasteiger partial charge on any atom is -0.399 e. The van der Waals surface area contributed by atoms with Crippen molar-refractivity contribution in [1.82, 2.24) is 0 Å². The van der Waals surface area contributed by atoms with Crippen LogP contribution in [0.2, 0.25) is 10.0 Å². The van der Waals surface area contributed by atoms with Crippen LogP contribution in [-0.2, 0) is 4.74 Å². The van der Waals surface area contributed by atoms with E-state index in [-0.39, 0.29) is 0 Å². The number of ether oxygens (including phenoxy) is 1. The van der Waals surface area contributed by atoms with Crippen molar-refractivity contribution in [1.29, 1.82) is 0 Å². The zero-order chi connectivity index (χ0) is 12.0. The van der Waals surface area contributed by atoms with Gasteiger partial charge in [0.1, 0.15) is 0 Å². The Hall–Kier alpha value is -0.640. The molecule has 0 aromatic heterocycles. The molecule has 0 aliphatic rings. The number of halogens is 2. The van der Waals surface area contributed by atoms with E-state index in [1.54, 1.807) is 19.2 Å². The van der Waals surface area contributed by atoms with Gasteiger partial charge in [-0.25, -0.2) is 0 Å². The first kappa shape index (κ1) is 13.4. The van der Waals surface area contributed by atoms with Gasteiger partial charge in [0.2, 0.25) is 0 Å². The van der Waals surface area contributed by atoms with Gasteiger partial charge in [-0.3, -0.25) is 0 Å². The van der Waals surface area contributed by atoms with Crippen LogP contribution in [0.15, 0.2) is 12.1 Å². The Balaban J connectivity index is 2.47. The van der Waals surface area contributed by atoms with Crippen molar-refractivity contribution >= 4 is 34.6 Å². The largest absolute Gasteiger partial charge is 0.399 e. The van der Waals surface area contributed by atoms with Gasteiger partial charge in [-0.1, -0.05) is 23.2 Å². The molecule has 0 bridgehead atoms.